The van der Waals surface area contributed by atoms with Crippen LogP contribution in [0.25, 0.3) is 0 Å². The molecule has 0 unspecified atom stereocenters. The first-order chi connectivity index (χ1) is 11.0. The Morgan fingerprint density at radius 1 is 1.35 bits per heavy atom. The van der Waals surface area contributed by atoms with Crippen molar-refractivity contribution in [3.63, 3.8) is 0 Å². The molecule has 1 aromatic carbocycles. The van der Waals surface area contributed by atoms with Gasteiger partial charge in [0.25, 0.3) is 0 Å². The van der Waals surface area contributed by atoms with Crippen molar-refractivity contribution in [3.8, 4) is 0 Å². The standard InChI is InChI=1S/C16H20N2O4S/c1-12-5-3-4-6-13(12)7-17(9-16(21)22-2)14(19)8-18-11-23-10-15(18)20/h3-6H,7-11H2,1-2H3. The van der Waals surface area contributed by atoms with Crippen LogP contribution in [0.1, 0.15) is 11.1 Å². The third kappa shape index (κ3) is 4.72. The van der Waals surface area contributed by atoms with Gasteiger partial charge in [0.2, 0.25) is 11.8 Å². The summed E-state index contributed by atoms with van der Waals surface area (Å²) in [6.07, 6.45) is 0. The summed E-state index contributed by atoms with van der Waals surface area (Å²) in [6, 6.07) is 7.69. The predicted molar refractivity (Wildman–Crippen MR) is 87.7 cm³/mol. The molecule has 2 rings (SSSR count). The molecule has 2 amide bonds. The van der Waals surface area contributed by atoms with Gasteiger partial charge >= 0.3 is 5.97 Å². The van der Waals surface area contributed by atoms with E-state index in [0.717, 1.165) is 11.1 Å². The number of esters is 1. The summed E-state index contributed by atoms with van der Waals surface area (Å²) in [6.45, 7) is 2.14. The van der Waals surface area contributed by atoms with Crippen LogP contribution in [0.2, 0.25) is 0 Å². The zero-order chi connectivity index (χ0) is 16.8. The number of carbonyl (C=O) groups excluding carboxylic acids is 3. The van der Waals surface area contributed by atoms with E-state index in [9.17, 15) is 14.4 Å². The molecule has 0 bridgehead atoms. The number of rotatable bonds is 6. The fourth-order valence-electron chi connectivity index (χ4n) is 2.25. The molecule has 1 fully saturated rings. The zero-order valence-electron chi connectivity index (χ0n) is 13.3. The topological polar surface area (TPSA) is 66.9 Å². The quantitative estimate of drug-likeness (QED) is 0.726. The van der Waals surface area contributed by atoms with Gasteiger partial charge in [0.1, 0.15) is 13.1 Å². The van der Waals surface area contributed by atoms with Crippen molar-refractivity contribution < 1.29 is 19.1 Å². The van der Waals surface area contributed by atoms with E-state index in [2.05, 4.69) is 4.74 Å². The number of amides is 2. The van der Waals surface area contributed by atoms with Gasteiger partial charge in [-0.15, -0.1) is 11.8 Å². The van der Waals surface area contributed by atoms with Crippen molar-refractivity contribution in [2.45, 2.75) is 13.5 Å². The van der Waals surface area contributed by atoms with Crippen LogP contribution in [-0.4, -0.2) is 59.4 Å². The number of aryl methyl sites for hydroxylation is 1. The van der Waals surface area contributed by atoms with Crippen LogP contribution < -0.4 is 0 Å². The Labute approximate surface area is 139 Å². The molecule has 1 saturated heterocycles. The molecule has 1 heterocycles. The van der Waals surface area contributed by atoms with E-state index < -0.39 is 5.97 Å². The van der Waals surface area contributed by atoms with E-state index in [-0.39, 0.29) is 24.9 Å². The molecule has 0 atom stereocenters. The van der Waals surface area contributed by atoms with Crippen LogP contribution in [0, 0.1) is 6.92 Å². The fraction of sp³-hybridized carbons (Fsp3) is 0.438. The Morgan fingerprint density at radius 3 is 2.70 bits per heavy atom. The van der Waals surface area contributed by atoms with Crippen LogP contribution in [-0.2, 0) is 25.7 Å². The Balaban J connectivity index is 2.09. The maximum atomic E-state index is 12.5. The SMILES string of the molecule is COC(=O)CN(Cc1ccccc1C)C(=O)CN1CSCC1=O. The van der Waals surface area contributed by atoms with Gasteiger partial charge in [0, 0.05) is 6.54 Å². The van der Waals surface area contributed by atoms with Gasteiger partial charge in [0.15, 0.2) is 0 Å². The van der Waals surface area contributed by atoms with Crippen LogP contribution in [0.3, 0.4) is 0 Å². The van der Waals surface area contributed by atoms with Crippen LogP contribution in [0.4, 0.5) is 0 Å². The predicted octanol–water partition coefficient (Wildman–Crippen LogP) is 1.03. The summed E-state index contributed by atoms with van der Waals surface area (Å²) in [4.78, 5) is 38.7. The van der Waals surface area contributed by atoms with Gasteiger partial charge in [0.05, 0.1) is 18.7 Å². The second-order valence-electron chi connectivity index (χ2n) is 5.32. The molecule has 0 aromatic heterocycles. The number of hydrogen-bond acceptors (Lipinski definition) is 5. The van der Waals surface area contributed by atoms with Gasteiger partial charge < -0.3 is 14.5 Å². The number of ether oxygens (including phenoxy) is 1. The lowest BCUT2D eigenvalue weighted by Crippen LogP contribution is -2.43. The third-order valence-electron chi connectivity index (χ3n) is 3.67. The molecule has 0 spiro atoms. The summed E-state index contributed by atoms with van der Waals surface area (Å²) in [5.74, 6) is 0.143. The van der Waals surface area contributed by atoms with Crippen LogP contribution in [0.15, 0.2) is 24.3 Å². The molecular formula is C16H20N2O4S. The summed E-state index contributed by atoms with van der Waals surface area (Å²) < 4.78 is 4.67. The van der Waals surface area contributed by atoms with Crippen molar-refractivity contribution in [1.29, 1.82) is 0 Å². The van der Waals surface area contributed by atoms with E-state index in [1.807, 2.05) is 31.2 Å². The molecule has 0 saturated carbocycles. The Bertz CT molecular complexity index is 605. The average molecular weight is 336 g/mol. The summed E-state index contributed by atoms with van der Waals surface area (Å²) >= 11 is 1.48. The highest BCUT2D eigenvalue weighted by Gasteiger charge is 2.26. The normalized spacial score (nSPS) is 14.0. The van der Waals surface area contributed by atoms with Crippen molar-refractivity contribution >= 4 is 29.5 Å². The summed E-state index contributed by atoms with van der Waals surface area (Å²) in [5.41, 5.74) is 2.01. The smallest absolute Gasteiger partial charge is 0.325 e. The van der Waals surface area contributed by atoms with Crippen molar-refractivity contribution in [1.82, 2.24) is 9.80 Å². The number of benzene rings is 1. The van der Waals surface area contributed by atoms with E-state index in [0.29, 0.717) is 18.2 Å². The van der Waals surface area contributed by atoms with Crippen LogP contribution in [0.5, 0.6) is 0 Å². The Hall–Kier alpha value is -2.02. The monoisotopic (exact) mass is 336 g/mol. The first-order valence-electron chi connectivity index (χ1n) is 7.26. The maximum absolute atomic E-state index is 12.5. The highest BCUT2D eigenvalue weighted by molar-refractivity contribution is 8.00. The van der Waals surface area contributed by atoms with E-state index >= 15 is 0 Å². The minimum atomic E-state index is -0.478. The number of hydrogen-bond donors (Lipinski definition) is 0. The van der Waals surface area contributed by atoms with Gasteiger partial charge in [-0.25, -0.2) is 0 Å². The first kappa shape index (κ1) is 17.3. The van der Waals surface area contributed by atoms with Gasteiger partial charge in [-0.3, -0.25) is 14.4 Å². The van der Waals surface area contributed by atoms with Crippen LogP contribution >= 0.6 is 11.8 Å². The number of methoxy groups -OCH3 is 1. The first-order valence-corrected chi connectivity index (χ1v) is 8.41. The summed E-state index contributed by atoms with van der Waals surface area (Å²) in [7, 11) is 1.29. The molecule has 23 heavy (non-hydrogen) atoms. The second kappa shape index (κ2) is 8.01. The molecule has 124 valence electrons. The lowest BCUT2D eigenvalue weighted by atomic mass is 10.1. The molecule has 1 aliphatic rings. The second-order valence-corrected chi connectivity index (χ2v) is 6.28. The Morgan fingerprint density at radius 2 is 2.09 bits per heavy atom. The fourth-order valence-corrected chi connectivity index (χ4v) is 3.15. The zero-order valence-corrected chi connectivity index (χ0v) is 14.1. The van der Waals surface area contributed by atoms with Gasteiger partial charge in [-0.05, 0) is 18.1 Å². The largest absolute Gasteiger partial charge is 0.468 e. The van der Waals surface area contributed by atoms with Crippen molar-refractivity contribution in [3.05, 3.63) is 35.4 Å². The highest BCUT2D eigenvalue weighted by Crippen LogP contribution is 2.16. The lowest BCUT2D eigenvalue weighted by Gasteiger charge is -2.25. The van der Waals surface area contributed by atoms with E-state index in [1.54, 1.807) is 0 Å². The van der Waals surface area contributed by atoms with E-state index in [1.165, 1.54) is 28.7 Å². The minimum absolute atomic E-state index is 0.00525. The highest BCUT2D eigenvalue weighted by atomic mass is 32.2. The van der Waals surface area contributed by atoms with E-state index in [4.69, 9.17) is 0 Å². The summed E-state index contributed by atoms with van der Waals surface area (Å²) in [5, 5.41) is 0. The van der Waals surface area contributed by atoms with Crippen molar-refractivity contribution in [2.24, 2.45) is 0 Å². The molecule has 1 aliphatic heterocycles. The van der Waals surface area contributed by atoms with Gasteiger partial charge in [-0.2, -0.15) is 0 Å². The Kier molecular flexibility index (Phi) is 6.04. The maximum Gasteiger partial charge on any atom is 0.325 e. The average Bonchev–Trinajstić information content (AvgIpc) is 2.93. The third-order valence-corrected chi connectivity index (χ3v) is 4.62. The lowest BCUT2D eigenvalue weighted by molar-refractivity contribution is -0.148. The molecule has 0 N–H and O–H groups in total. The molecule has 6 nitrogen and oxygen atoms in total. The number of thioether (sulfide) groups is 1. The minimum Gasteiger partial charge on any atom is -0.468 e. The number of nitrogens with zero attached hydrogens (tertiary/aromatic N) is 2. The number of carbonyl (C=O) groups is 3. The molecule has 0 aliphatic carbocycles. The van der Waals surface area contributed by atoms with Gasteiger partial charge in [-0.1, -0.05) is 24.3 Å². The van der Waals surface area contributed by atoms with Crippen molar-refractivity contribution in [2.75, 3.05) is 31.8 Å². The molecular weight excluding hydrogens is 316 g/mol. The molecule has 1 aromatic rings. The molecule has 7 heteroatoms. The molecule has 0 radical (unpaired) electrons.